The van der Waals surface area contributed by atoms with Crippen molar-refractivity contribution in [1.29, 1.82) is 0 Å². The van der Waals surface area contributed by atoms with E-state index in [1.165, 1.54) is 17.7 Å². The highest BCUT2D eigenvalue weighted by molar-refractivity contribution is 6.06. The number of halogens is 1. The fraction of sp³-hybridized carbons (Fsp3) is 0.105. The molecule has 0 saturated carbocycles. The first-order chi connectivity index (χ1) is 10.6. The summed E-state index contributed by atoms with van der Waals surface area (Å²) in [6.45, 7) is 2.09. The van der Waals surface area contributed by atoms with E-state index in [4.69, 9.17) is 4.42 Å². The van der Waals surface area contributed by atoms with Gasteiger partial charge < -0.3 is 4.42 Å². The first-order valence-electron chi connectivity index (χ1n) is 7.21. The summed E-state index contributed by atoms with van der Waals surface area (Å²) in [5, 5.41) is 1.97. The van der Waals surface area contributed by atoms with E-state index < -0.39 is 0 Å². The molecule has 0 N–H and O–H groups in total. The van der Waals surface area contributed by atoms with Crippen molar-refractivity contribution in [2.24, 2.45) is 7.05 Å². The summed E-state index contributed by atoms with van der Waals surface area (Å²) in [5.74, 6) is -0.280. The first-order valence-corrected chi connectivity index (χ1v) is 7.21. The van der Waals surface area contributed by atoms with E-state index >= 15 is 0 Å². The van der Waals surface area contributed by atoms with Gasteiger partial charge in [0.1, 0.15) is 24.0 Å². The predicted octanol–water partition coefficient (Wildman–Crippen LogP) is 4.53. The second kappa shape index (κ2) is 4.67. The Morgan fingerprint density at radius 3 is 2.59 bits per heavy atom. The van der Waals surface area contributed by atoms with Crippen molar-refractivity contribution in [2.45, 2.75) is 6.92 Å². The van der Waals surface area contributed by atoms with Gasteiger partial charge in [-0.1, -0.05) is 0 Å². The number of benzene rings is 2. The molecular formula is C19H15FNO+. The predicted molar refractivity (Wildman–Crippen MR) is 85.0 cm³/mol. The first kappa shape index (κ1) is 13.0. The third-order valence-corrected chi connectivity index (χ3v) is 4.11. The Morgan fingerprint density at radius 2 is 1.77 bits per heavy atom. The van der Waals surface area contributed by atoms with E-state index in [0.29, 0.717) is 5.58 Å². The minimum Gasteiger partial charge on any atom is -0.456 e. The lowest BCUT2D eigenvalue weighted by molar-refractivity contribution is -0.660. The molecule has 0 fully saturated rings. The lowest BCUT2D eigenvalue weighted by atomic mass is 10.0. The van der Waals surface area contributed by atoms with E-state index in [0.717, 1.165) is 27.6 Å². The number of rotatable bonds is 1. The zero-order valence-electron chi connectivity index (χ0n) is 12.4. The largest absolute Gasteiger partial charge is 0.456 e. The van der Waals surface area contributed by atoms with Gasteiger partial charge in [-0.2, -0.15) is 0 Å². The molecule has 0 amide bonds. The van der Waals surface area contributed by atoms with Crippen molar-refractivity contribution in [2.75, 3.05) is 0 Å². The summed E-state index contributed by atoms with van der Waals surface area (Å²) in [6.07, 6.45) is 2.02. The zero-order valence-corrected chi connectivity index (χ0v) is 12.4. The molecule has 2 aromatic carbocycles. The van der Waals surface area contributed by atoms with Gasteiger partial charge >= 0.3 is 0 Å². The lowest BCUT2D eigenvalue weighted by Crippen LogP contribution is -2.30. The maximum Gasteiger partial charge on any atom is 0.212 e. The third kappa shape index (κ3) is 1.90. The Hall–Kier alpha value is -2.68. The number of hydrogen-bond donors (Lipinski definition) is 0. The van der Waals surface area contributed by atoms with Crippen LogP contribution in [0.1, 0.15) is 5.56 Å². The summed E-state index contributed by atoms with van der Waals surface area (Å²) >= 11 is 0. The van der Waals surface area contributed by atoms with Crippen molar-refractivity contribution in [1.82, 2.24) is 0 Å². The number of fused-ring (bicyclic) bond motifs is 3. The van der Waals surface area contributed by atoms with Crippen molar-refractivity contribution >= 4 is 21.9 Å². The van der Waals surface area contributed by atoms with Crippen LogP contribution in [0.25, 0.3) is 33.2 Å². The Morgan fingerprint density at radius 1 is 0.955 bits per heavy atom. The smallest absolute Gasteiger partial charge is 0.212 e. The number of aromatic nitrogens is 1. The van der Waals surface area contributed by atoms with Gasteiger partial charge in [-0.3, -0.25) is 0 Å². The second-order valence-electron chi connectivity index (χ2n) is 5.60. The molecule has 108 valence electrons. The minimum atomic E-state index is -0.280. The van der Waals surface area contributed by atoms with Crippen LogP contribution in [0.4, 0.5) is 4.39 Å². The Bertz CT molecular complexity index is 1020. The Labute approximate surface area is 127 Å². The fourth-order valence-corrected chi connectivity index (χ4v) is 2.98. The van der Waals surface area contributed by atoms with Gasteiger partial charge in [-0.15, -0.1) is 0 Å². The Kier molecular flexibility index (Phi) is 2.76. The zero-order chi connectivity index (χ0) is 15.3. The minimum absolute atomic E-state index is 0.280. The summed E-state index contributed by atoms with van der Waals surface area (Å²) in [7, 11) is 2.02. The molecule has 0 bridgehead atoms. The number of furan rings is 1. The van der Waals surface area contributed by atoms with Crippen LogP contribution in [-0.2, 0) is 7.05 Å². The van der Waals surface area contributed by atoms with Gasteiger partial charge in [0.2, 0.25) is 5.69 Å². The summed E-state index contributed by atoms with van der Waals surface area (Å²) < 4.78 is 21.3. The molecule has 0 aliphatic carbocycles. The van der Waals surface area contributed by atoms with E-state index in [9.17, 15) is 4.39 Å². The number of pyridine rings is 1. The fourth-order valence-electron chi connectivity index (χ4n) is 2.98. The SMILES string of the molecule is Cc1cc2c(cc1-c1cccc[n+]1C)oc1cc(F)ccc12. The van der Waals surface area contributed by atoms with E-state index in [1.807, 2.05) is 31.4 Å². The molecule has 0 atom stereocenters. The highest BCUT2D eigenvalue weighted by atomic mass is 19.1. The normalized spacial score (nSPS) is 11.4. The van der Waals surface area contributed by atoms with Crippen molar-refractivity contribution in [3.05, 3.63) is 66.1 Å². The lowest BCUT2D eigenvalue weighted by Gasteiger charge is -2.04. The van der Waals surface area contributed by atoms with Crippen LogP contribution < -0.4 is 4.57 Å². The summed E-state index contributed by atoms with van der Waals surface area (Å²) in [6, 6.07) is 14.9. The number of hydrogen-bond acceptors (Lipinski definition) is 1. The van der Waals surface area contributed by atoms with E-state index in [1.54, 1.807) is 6.07 Å². The highest BCUT2D eigenvalue weighted by Gasteiger charge is 2.16. The van der Waals surface area contributed by atoms with Gasteiger partial charge in [0.25, 0.3) is 0 Å². The van der Waals surface area contributed by atoms with Crippen LogP contribution >= 0.6 is 0 Å². The number of nitrogens with zero attached hydrogens (tertiary/aromatic N) is 1. The second-order valence-corrected chi connectivity index (χ2v) is 5.60. The maximum atomic E-state index is 13.4. The van der Waals surface area contributed by atoms with E-state index in [-0.39, 0.29) is 5.82 Å². The van der Waals surface area contributed by atoms with Crippen molar-refractivity contribution in [3.8, 4) is 11.3 Å². The van der Waals surface area contributed by atoms with Gasteiger partial charge in [-0.05, 0) is 42.8 Å². The van der Waals surface area contributed by atoms with Crippen LogP contribution in [0.15, 0.2) is 59.1 Å². The molecule has 0 unspecified atom stereocenters. The van der Waals surface area contributed by atoms with Gasteiger partial charge in [-0.25, -0.2) is 8.96 Å². The average Bonchev–Trinajstić information content (AvgIpc) is 2.83. The third-order valence-electron chi connectivity index (χ3n) is 4.11. The molecule has 4 rings (SSSR count). The monoisotopic (exact) mass is 292 g/mol. The molecule has 2 heterocycles. The summed E-state index contributed by atoms with van der Waals surface area (Å²) in [4.78, 5) is 0. The van der Waals surface area contributed by atoms with Crippen LogP contribution in [0.2, 0.25) is 0 Å². The quantitative estimate of drug-likeness (QED) is 0.471. The number of aryl methyl sites for hydroxylation is 2. The van der Waals surface area contributed by atoms with Gasteiger partial charge in [0.05, 0.1) is 5.56 Å². The van der Waals surface area contributed by atoms with E-state index in [2.05, 4.69) is 23.6 Å². The summed E-state index contributed by atoms with van der Waals surface area (Å²) in [5.41, 5.74) is 4.78. The molecule has 0 aliphatic rings. The van der Waals surface area contributed by atoms with Crippen LogP contribution in [0.3, 0.4) is 0 Å². The Balaban J connectivity index is 2.04. The molecule has 0 radical (unpaired) electrons. The average molecular weight is 292 g/mol. The molecule has 0 aliphatic heterocycles. The molecule has 3 heteroatoms. The van der Waals surface area contributed by atoms with Crippen LogP contribution in [0, 0.1) is 12.7 Å². The maximum absolute atomic E-state index is 13.4. The molecule has 0 spiro atoms. The standard InChI is InChI=1S/C19H15FNO/c1-12-9-16-14-7-6-13(20)10-18(14)22-19(16)11-15(12)17-5-3-4-8-21(17)2/h3-11H,1-2H3/q+1. The van der Waals surface area contributed by atoms with Gasteiger partial charge in [0, 0.05) is 29.0 Å². The van der Waals surface area contributed by atoms with Crippen molar-refractivity contribution < 1.29 is 13.4 Å². The van der Waals surface area contributed by atoms with Gasteiger partial charge in [0.15, 0.2) is 6.20 Å². The molecule has 4 aromatic rings. The molecule has 22 heavy (non-hydrogen) atoms. The topological polar surface area (TPSA) is 17.0 Å². The highest BCUT2D eigenvalue weighted by Crippen LogP contribution is 2.33. The molecule has 2 aromatic heterocycles. The molecule has 0 saturated heterocycles. The van der Waals surface area contributed by atoms with Crippen LogP contribution in [-0.4, -0.2) is 0 Å². The molecular weight excluding hydrogens is 277 g/mol. The van der Waals surface area contributed by atoms with Crippen molar-refractivity contribution in [3.63, 3.8) is 0 Å². The molecule has 2 nitrogen and oxygen atoms in total. The van der Waals surface area contributed by atoms with Crippen LogP contribution in [0.5, 0.6) is 0 Å².